The van der Waals surface area contributed by atoms with Gasteiger partial charge in [0.2, 0.25) is 0 Å². The Morgan fingerprint density at radius 2 is 1.44 bits per heavy atom. The van der Waals surface area contributed by atoms with Crippen molar-refractivity contribution in [1.29, 1.82) is 0 Å². The first-order chi connectivity index (χ1) is 7.41. The molecule has 0 aliphatic carbocycles. The van der Waals surface area contributed by atoms with E-state index < -0.39 is 0 Å². The van der Waals surface area contributed by atoms with Gasteiger partial charge in [-0.15, -0.1) is 0 Å². The molecule has 0 aliphatic heterocycles. The minimum absolute atomic E-state index is 0. The molecule has 0 atom stereocenters. The number of ether oxygens (including phenoxy) is 3. The summed E-state index contributed by atoms with van der Waals surface area (Å²) >= 11 is 0. The summed E-state index contributed by atoms with van der Waals surface area (Å²) in [5.41, 5.74) is 0. The van der Waals surface area contributed by atoms with Gasteiger partial charge in [0.05, 0.1) is 46.2 Å². The Balaban J connectivity index is 0. The summed E-state index contributed by atoms with van der Waals surface area (Å²) in [7, 11) is 0. The van der Waals surface area contributed by atoms with E-state index in [1.165, 1.54) is 0 Å². The molecule has 0 aromatic rings. The predicted molar refractivity (Wildman–Crippen MR) is 53.2 cm³/mol. The van der Waals surface area contributed by atoms with Gasteiger partial charge in [-0.3, -0.25) is 0 Å². The molecule has 0 bridgehead atoms. The largest absolute Gasteiger partial charge is 0.528 e. The van der Waals surface area contributed by atoms with E-state index in [-0.39, 0.29) is 6.61 Å². The van der Waals surface area contributed by atoms with Gasteiger partial charge in [0, 0.05) is 6.54 Å². The first-order valence-electron chi connectivity index (χ1n) is 4.86. The topological polar surface area (TPSA) is 77.0 Å². The molecule has 0 saturated heterocycles. The van der Waals surface area contributed by atoms with E-state index in [9.17, 15) is 4.79 Å². The van der Waals surface area contributed by atoms with Gasteiger partial charge in [-0.05, 0) is 0 Å². The molecule has 0 fully saturated rings. The number of hydrogen-bond donors (Lipinski definition) is 2. The van der Waals surface area contributed by atoms with Crippen LogP contribution in [0.1, 0.15) is 0 Å². The molecule has 0 saturated carbocycles. The van der Waals surface area contributed by atoms with E-state index in [0.717, 1.165) is 0 Å². The summed E-state index contributed by atoms with van der Waals surface area (Å²) < 4.78 is 15.2. The maximum absolute atomic E-state index is 9.72. The van der Waals surface area contributed by atoms with E-state index in [0.29, 0.717) is 46.2 Å². The molecule has 0 aromatic heterocycles. The van der Waals surface area contributed by atoms with Gasteiger partial charge < -0.3 is 29.4 Å². The minimum atomic E-state index is 0. The van der Waals surface area contributed by atoms with Crippen LogP contribution in [0.3, 0.4) is 0 Å². The Bertz CT molecular complexity index is 139. The molecule has 1 amide bonds. The molecule has 0 heterocycles. The molecule has 7 heteroatoms. The van der Waals surface area contributed by atoms with Crippen molar-refractivity contribution in [3.63, 3.8) is 0 Å². The fraction of sp³-hybridized carbons (Fsp3) is 0.889. The first kappa shape index (κ1) is 16.7. The van der Waals surface area contributed by atoms with Gasteiger partial charge in [0.25, 0.3) is 0 Å². The summed E-state index contributed by atoms with van der Waals surface area (Å²) in [6.07, 6.45) is 1.55. The van der Waals surface area contributed by atoms with Gasteiger partial charge in [0.15, 0.2) is 0 Å². The molecule has 2 N–H and O–H groups in total. The molecule has 0 aromatic carbocycles. The number of nitrogens with one attached hydrogen (secondary N) is 1. The maximum atomic E-state index is 9.72. The van der Waals surface area contributed by atoms with E-state index >= 15 is 0 Å². The predicted octanol–water partition coefficient (Wildman–Crippen LogP) is -1.31. The van der Waals surface area contributed by atoms with Gasteiger partial charge in [0.1, 0.15) is 0 Å². The summed E-state index contributed by atoms with van der Waals surface area (Å²) in [5, 5.41) is 10.7. The Kier molecular flexibility index (Phi) is 16.5. The third-order valence-corrected chi connectivity index (χ3v) is 1.42. The quantitative estimate of drug-likeness (QED) is 0.208. The van der Waals surface area contributed by atoms with E-state index in [2.05, 4.69) is 5.32 Å². The molecular formula is C9H18FmNO5-. The van der Waals surface area contributed by atoms with Crippen LogP contribution in [0.5, 0.6) is 0 Å². The smallest absolute Gasteiger partial charge is 0.0701 e. The van der Waals surface area contributed by atoms with Crippen LogP contribution in [-0.2, 0) is 19.0 Å². The van der Waals surface area contributed by atoms with Gasteiger partial charge in [-0.1, -0.05) is 0 Å². The summed E-state index contributed by atoms with van der Waals surface area (Å²) in [6, 6.07) is 0. The van der Waals surface area contributed by atoms with Crippen molar-refractivity contribution in [2.75, 3.05) is 52.8 Å². The second-order valence-electron chi connectivity index (χ2n) is 2.59. The molecular weight excluding hydrogens is 459 g/mol. The molecule has 102 valence electrons. The SMILES string of the molecule is O=[C-]NCCOCCOCCOCCO.[Fm]. The van der Waals surface area contributed by atoms with Crippen molar-refractivity contribution in [1.82, 2.24) is 5.32 Å². The average Bonchev–Trinajstić information content (AvgIpc) is 2.26. The number of aliphatic hydroxyl groups excluding tert-OH is 1. The fourth-order valence-corrected chi connectivity index (χ4v) is 0.781. The van der Waals surface area contributed by atoms with Crippen LogP contribution < -0.4 is 5.32 Å². The number of hydrogen-bond acceptors (Lipinski definition) is 5. The Hall–Kier alpha value is -1.69. The first-order valence-corrected chi connectivity index (χ1v) is 4.86. The van der Waals surface area contributed by atoms with Crippen molar-refractivity contribution in [3.8, 4) is 0 Å². The summed E-state index contributed by atoms with van der Waals surface area (Å²) in [4.78, 5) is 9.72. The number of aliphatic hydroxyl groups is 1. The van der Waals surface area contributed by atoms with Crippen LogP contribution in [0.4, 0.5) is 0 Å². The normalized spacial score (nSPS) is 9.56. The molecule has 0 rings (SSSR count). The molecule has 0 spiro atoms. The van der Waals surface area contributed by atoms with E-state index in [4.69, 9.17) is 19.3 Å². The molecule has 6 nitrogen and oxygen atoms in total. The van der Waals surface area contributed by atoms with Crippen LogP contribution in [0.15, 0.2) is 0 Å². The van der Waals surface area contributed by atoms with Crippen LogP contribution in [-0.4, -0.2) is 64.3 Å². The summed E-state index contributed by atoms with van der Waals surface area (Å²) in [6.45, 7) is 3.24. The summed E-state index contributed by atoms with van der Waals surface area (Å²) in [5.74, 6) is 0. The number of amides is 1. The van der Waals surface area contributed by atoms with Crippen molar-refractivity contribution in [2.45, 2.75) is 0 Å². The Labute approximate surface area is 89.5 Å². The van der Waals surface area contributed by atoms with Crippen LogP contribution in [0, 0.1) is 0 Å². The zero-order valence-corrected chi connectivity index (χ0v) is 11.4. The van der Waals surface area contributed by atoms with Gasteiger partial charge in [-0.2, -0.15) is 6.41 Å². The minimum Gasteiger partial charge on any atom is -0.528 e. The van der Waals surface area contributed by atoms with Crippen molar-refractivity contribution < 1.29 is 24.1 Å². The van der Waals surface area contributed by atoms with E-state index in [1.54, 1.807) is 6.41 Å². The monoisotopic (exact) mass is 477 g/mol. The van der Waals surface area contributed by atoms with Gasteiger partial charge in [-0.25, -0.2) is 0 Å². The Morgan fingerprint density at radius 3 is 1.94 bits per heavy atom. The second kappa shape index (κ2) is 15.8. The van der Waals surface area contributed by atoms with Crippen LogP contribution in [0.2, 0.25) is 0 Å². The third kappa shape index (κ3) is 14.8. The number of carbonyl (C=O) groups excluding carboxylic acids is 1. The van der Waals surface area contributed by atoms with Gasteiger partial charge >= 0.3 is 0 Å². The van der Waals surface area contributed by atoms with Crippen molar-refractivity contribution in [2.24, 2.45) is 0 Å². The van der Waals surface area contributed by atoms with Crippen LogP contribution in [0.25, 0.3) is 0 Å². The van der Waals surface area contributed by atoms with Crippen molar-refractivity contribution in [3.05, 3.63) is 0 Å². The molecule has 0 aliphatic rings. The zero-order valence-electron chi connectivity index (χ0n) is 9.03. The molecule has 0 radical (unpaired) electrons. The third-order valence-electron chi connectivity index (χ3n) is 1.42. The molecule has 0 unspecified atom stereocenters. The molecule has 16 heavy (non-hydrogen) atoms. The van der Waals surface area contributed by atoms with Crippen molar-refractivity contribution >= 4 is 6.41 Å². The second-order valence-corrected chi connectivity index (χ2v) is 2.59. The Morgan fingerprint density at radius 1 is 0.938 bits per heavy atom. The zero-order chi connectivity index (χ0) is 11.2. The average molecular weight is 477 g/mol. The van der Waals surface area contributed by atoms with Crippen LogP contribution >= 0.6 is 0 Å². The number of rotatable bonds is 12. The maximum Gasteiger partial charge on any atom is 0.0701 e. The van der Waals surface area contributed by atoms with E-state index in [1.807, 2.05) is 0 Å². The standard InChI is InChI=1S/C9H18NO5.Fm/c11-2-4-14-6-8-15-7-5-13-3-1-10-9-12;/h11H,1-8H2,(H,10,12);/q-1;. The fourth-order valence-electron chi connectivity index (χ4n) is 0.781.